The molecule has 2 fully saturated rings. The Morgan fingerprint density at radius 2 is 2.10 bits per heavy atom. The third-order valence-corrected chi connectivity index (χ3v) is 6.92. The molecule has 9 nitrogen and oxygen atoms in total. The number of nitrogens with zero attached hydrogens (tertiary/aromatic N) is 4. The lowest BCUT2D eigenvalue weighted by molar-refractivity contribution is -0.127. The van der Waals surface area contributed by atoms with Crippen LogP contribution in [0.3, 0.4) is 0 Å². The van der Waals surface area contributed by atoms with E-state index in [9.17, 15) is 4.79 Å². The standard InChI is InChI=1S/C22H23N5O4/c1-27-7-6-23-17(27)10-24-21(28)18-12-2-3-13(8-12)19(18)22-25-20(26-31-22)14-4-5-15-16(9-14)30-11-29-15/h4-7,9,12-13,18-19H,2-3,8,10-11H2,1H3,(H,24,28)/t12-,13+,18-,19-/m0/s1. The van der Waals surface area contributed by atoms with E-state index in [2.05, 4.69) is 15.5 Å². The first kappa shape index (κ1) is 18.4. The van der Waals surface area contributed by atoms with Gasteiger partial charge in [0.2, 0.25) is 24.4 Å². The summed E-state index contributed by atoms with van der Waals surface area (Å²) in [6.45, 7) is 0.631. The molecule has 0 spiro atoms. The predicted molar refractivity (Wildman–Crippen MR) is 108 cm³/mol. The van der Waals surface area contributed by atoms with Gasteiger partial charge in [-0.1, -0.05) is 5.16 Å². The molecule has 0 saturated heterocycles. The van der Waals surface area contributed by atoms with E-state index >= 15 is 0 Å². The number of benzene rings is 1. The molecule has 9 heteroatoms. The van der Waals surface area contributed by atoms with Gasteiger partial charge in [-0.05, 0) is 49.3 Å². The van der Waals surface area contributed by atoms with Crippen LogP contribution in [-0.2, 0) is 18.4 Å². The summed E-state index contributed by atoms with van der Waals surface area (Å²) in [5, 5.41) is 7.28. The van der Waals surface area contributed by atoms with Crippen molar-refractivity contribution in [2.75, 3.05) is 6.79 Å². The summed E-state index contributed by atoms with van der Waals surface area (Å²) in [5.41, 5.74) is 0.804. The van der Waals surface area contributed by atoms with Crippen molar-refractivity contribution in [2.24, 2.45) is 24.8 Å². The zero-order chi connectivity index (χ0) is 20.9. The molecule has 2 aromatic heterocycles. The molecule has 0 radical (unpaired) electrons. The van der Waals surface area contributed by atoms with E-state index in [4.69, 9.17) is 19.0 Å². The van der Waals surface area contributed by atoms with Crippen LogP contribution in [-0.4, -0.2) is 32.4 Å². The fourth-order valence-electron chi connectivity index (χ4n) is 5.40. The largest absolute Gasteiger partial charge is 0.454 e. The van der Waals surface area contributed by atoms with Crippen molar-refractivity contribution in [1.82, 2.24) is 25.0 Å². The van der Waals surface area contributed by atoms with Gasteiger partial charge in [0.25, 0.3) is 0 Å². The maximum atomic E-state index is 13.2. The zero-order valence-corrected chi connectivity index (χ0v) is 17.2. The normalized spacial score (nSPS) is 25.8. The van der Waals surface area contributed by atoms with Gasteiger partial charge in [0, 0.05) is 25.0 Å². The molecule has 31 heavy (non-hydrogen) atoms. The van der Waals surface area contributed by atoms with E-state index in [0.29, 0.717) is 41.6 Å². The van der Waals surface area contributed by atoms with Gasteiger partial charge in [-0.25, -0.2) is 4.98 Å². The molecule has 3 aliphatic rings. The van der Waals surface area contributed by atoms with Gasteiger partial charge in [0.1, 0.15) is 5.82 Å². The number of ether oxygens (including phenoxy) is 2. The quantitative estimate of drug-likeness (QED) is 0.675. The number of aromatic nitrogens is 4. The highest BCUT2D eigenvalue weighted by atomic mass is 16.7. The van der Waals surface area contributed by atoms with E-state index in [1.807, 2.05) is 36.0 Å². The Kier molecular flexibility index (Phi) is 4.22. The third-order valence-electron chi connectivity index (χ3n) is 6.92. The minimum Gasteiger partial charge on any atom is -0.454 e. The molecule has 3 heterocycles. The number of fused-ring (bicyclic) bond motifs is 3. The summed E-state index contributed by atoms with van der Waals surface area (Å²) in [7, 11) is 1.92. The summed E-state index contributed by atoms with van der Waals surface area (Å²) < 4.78 is 18.4. The van der Waals surface area contributed by atoms with E-state index in [0.717, 1.165) is 30.7 Å². The zero-order valence-electron chi connectivity index (χ0n) is 17.2. The number of nitrogens with one attached hydrogen (secondary N) is 1. The summed E-state index contributed by atoms with van der Waals surface area (Å²) >= 11 is 0. The minimum absolute atomic E-state index is 0.0445. The van der Waals surface area contributed by atoms with Crippen LogP contribution in [0, 0.1) is 17.8 Å². The summed E-state index contributed by atoms with van der Waals surface area (Å²) in [5.74, 6) is 3.88. The van der Waals surface area contributed by atoms with Gasteiger partial charge in [-0.15, -0.1) is 0 Å². The molecule has 0 unspecified atom stereocenters. The van der Waals surface area contributed by atoms with Crippen molar-refractivity contribution >= 4 is 5.91 Å². The molecule has 160 valence electrons. The number of aryl methyl sites for hydroxylation is 1. The highest BCUT2D eigenvalue weighted by molar-refractivity contribution is 5.80. The maximum Gasteiger partial charge on any atom is 0.231 e. The van der Waals surface area contributed by atoms with Crippen molar-refractivity contribution in [2.45, 2.75) is 31.7 Å². The molecule has 1 N–H and O–H groups in total. The minimum atomic E-state index is -0.149. The SMILES string of the molecule is Cn1ccnc1CNC(=O)[C@H]1[C@H]2CC[C@H](C2)[C@@H]1c1nc(-c2ccc3c(c2)OCO3)no1. The average Bonchev–Trinajstić information content (AvgIpc) is 3.59. The summed E-state index contributed by atoms with van der Waals surface area (Å²) in [6.07, 6.45) is 6.81. The number of amides is 1. The Labute approximate surface area is 178 Å². The van der Waals surface area contributed by atoms with Crippen LogP contribution in [0.5, 0.6) is 11.5 Å². The van der Waals surface area contributed by atoms with E-state index < -0.39 is 0 Å². The van der Waals surface area contributed by atoms with Crippen molar-refractivity contribution in [3.8, 4) is 22.9 Å². The summed E-state index contributed by atoms with van der Waals surface area (Å²) in [4.78, 5) is 22.1. The maximum absolute atomic E-state index is 13.2. The lowest BCUT2D eigenvalue weighted by atomic mass is 9.78. The van der Waals surface area contributed by atoms with Crippen LogP contribution in [0.2, 0.25) is 0 Å². The van der Waals surface area contributed by atoms with Crippen LogP contribution >= 0.6 is 0 Å². The first-order valence-corrected chi connectivity index (χ1v) is 10.6. The smallest absolute Gasteiger partial charge is 0.231 e. The topological polar surface area (TPSA) is 104 Å². The second-order valence-electron chi connectivity index (χ2n) is 8.58. The highest BCUT2D eigenvalue weighted by Crippen LogP contribution is 2.56. The number of carbonyl (C=O) groups excluding carboxylic acids is 1. The van der Waals surface area contributed by atoms with Crippen LogP contribution in [0.15, 0.2) is 35.1 Å². The highest BCUT2D eigenvalue weighted by Gasteiger charge is 2.53. The van der Waals surface area contributed by atoms with Crippen LogP contribution < -0.4 is 14.8 Å². The number of hydrogen-bond acceptors (Lipinski definition) is 7. The average molecular weight is 421 g/mol. The van der Waals surface area contributed by atoms with Crippen LogP contribution in [0.1, 0.15) is 36.9 Å². The molecule has 6 rings (SSSR count). The molecule has 4 atom stereocenters. The Balaban J connectivity index is 1.24. The molecular weight excluding hydrogens is 398 g/mol. The Morgan fingerprint density at radius 1 is 1.23 bits per heavy atom. The molecule has 2 aliphatic carbocycles. The number of hydrogen-bond donors (Lipinski definition) is 1. The lowest BCUT2D eigenvalue weighted by Gasteiger charge is -2.27. The Morgan fingerprint density at radius 3 is 2.97 bits per heavy atom. The molecule has 3 aromatic rings. The molecule has 1 amide bonds. The van der Waals surface area contributed by atoms with E-state index in [1.165, 1.54) is 0 Å². The van der Waals surface area contributed by atoms with Crippen molar-refractivity contribution in [3.63, 3.8) is 0 Å². The monoisotopic (exact) mass is 421 g/mol. The lowest BCUT2D eigenvalue weighted by Crippen LogP contribution is -2.37. The molecule has 2 saturated carbocycles. The van der Waals surface area contributed by atoms with Gasteiger partial charge in [0.15, 0.2) is 11.5 Å². The van der Waals surface area contributed by atoms with Crippen LogP contribution in [0.25, 0.3) is 11.4 Å². The first-order chi connectivity index (χ1) is 15.2. The van der Waals surface area contributed by atoms with Crippen LogP contribution in [0.4, 0.5) is 0 Å². The number of carbonyl (C=O) groups is 1. The van der Waals surface area contributed by atoms with Gasteiger partial charge >= 0.3 is 0 Å². The van der Waals surface area contributed by atoms with Gasteiger partial charge in [0.05, 0.1) is 18.4 Å². The van der Waals surface area contributed by atoms with Crippen molar-refractivity contribution in [1.29, 1.82) is 0 Å². The van der Waals surface area contributed by atoms with Crippen molar-refractivity contribution < 1.29 is 18.8 Å². The molecule has 1 aliphatic heterocycles. The van der Waals surface area contributed by atoms with E-state index in [1.54, 1.807) is 6.20 Å². The molecule has 2 bridgehead atoms. The summed E-state index contributed by atoms with van der Waals surface area (Å²) in [6, 6.07) is 5.59. The van der Waals surface area contributed by atoms with Gasteiger partial charge in [-0.2, -0.15) is 4.98 Å². The second kappa shape index (κ2) is 7.11. The first-order valence-electron chi connectivity index (χ1n) is 10.6. The second-order valence-corrected chi connectivity index (χ2v) is 8.58. The van der Waals surface area contributed by atoms with Gasteiger partial charge in [-0.3, -0.25) is 4.79 Å². The Bertz CT molecular complexity index is 1140. The van der Waals surface area contributed by atoms with Crippen molar-refractivity contribution in [3.05, 3.63) is 42.3 Å². The number of imidazole rings is 1. The molecule has 1 aromatic carbocycles. The third kappa shape index (κ3) is 3.07. The Hall–Kier alpha value is -3.36. The number of rotatable bonds is 5. The van der Waals surface area contributed by atoms with Gasteiger partial charge < -0.3 is 23.9 Å². The molecular formula is C22H23N5O4. The van der Waals surface area contributed by atoms with E-state index in [-0.39, 0.29) is 24.5 Å². The fourth-order valence-corrected chi connectivity index (χ4v) is 5.40. The predicted octanol–water partition coefficient (Wildman–Crippen LogP) is 2.64. The fraction of sp³-hybridized carbons (Fsp3) is 0.455.